The zero-order valence-corrected chi connectivity index (χ0v) is 27.2. The van der Waals surface area contributed by atoms with Crippen LogP contribution < -0.4 is 5.32 Å². The smallest absolute Gasteiger partial charge is 0.150 e. The summed E-state index contributed by atoms with van der Waals surface area (Å²) in [5.41, 5.74) is 7.13. The number of likely N-dealkylation sites (tertiary alicyclic amines) is 2. The van der Waals surface area contributed by atoms with Crippen molar-refractivity contribution < 1.29 is 30.6 Å². The van der Waals surface area contributed by atoms with Crippen molar-refractivity contribution >= 4 is 12.2 Å². The summed E-state index contributed by atoms with van der Waals surface area (Å²) in [7, 11) is 0. The van der Waals surface area contributed by atoms with Crippen LogP contribution in [-0.2, 0) is 13.1 Å². The van der Waals surface area contributed by atoms with E-state index < -0.39 is 12.5 Å². The van der Waals surface area contributed by atoms with E-state index in [0.717, 1.165) is 103 Å². The Morgan fingerprint density at radius 2 is 1.11 bits per heavy atom. The average molecular weight is 638 g/mol. The molecule has 0 spiro atoms. The summed E-state index contributed by atoms with van der Waals surface area (Å²) in [5, 5.41) is 64.8. The maximum atomic E-state index is 11.2. The summed E-state index contributed by atoms with van der Waals surface area (Å²) >= 11 is 0. The summed E-state index contributed by atoms with van der Waals surface area (Å²) in [5.74, 6) is 0.512. The molecular weight excluding hydrogens is 586 g/mol. The molecule has 11 nitrogen and oxygen atoms in total. The number of hydrogen-bond acceptors (Lipinski definition) is 11. The number of rotatable bonds is 10. The van der Waals surface area contributed by atoms with E-state index >= 15 is 0 Å². The molecule has 0 saturated carbocycles. The van der Waals surface area contributed by atoms with Gasteiger partial charge in [-0.05, 0) is 68.8 Å². The highest BCUT2D eigenvalue weighted by Crippen LogP contribution is 2.34. The zero-order valence-electron chi connectivity index (χ0n) is 27.2. The van der Waals surface area contributed by atoms with Crippen LogP contribution in [0.25, 0.3) is 12.2 Å². The van der Waals surface area contributed by atoms with E-state index in [-0.39, 0.29) is 24.7 Å². The second-order valence-electron chi connectivity index (χ2n) is 12.9. The van der Waals surface area contributed by atoms with Crippen molar-refractivity contribution in [2.45, 2.75) is 58.7 Å². The van der Waals surface area contributed by atoms with Gasteiger partial charge in [-0.1, -0.05) is 12.1 Å². The fourth-order valence-electron chi connectivity index (χ4n) is 6.65. The molecule has 2 aromatic carbocycles. The molecule has 46 heavy (non-hydrogen) atoms. The van der Waals surface area contributed by atoms with Crippen LogP contribution in [0.15, 0.2) is 35.7 Å². The minimum atomic E-state index is -0.924. The number of nitrogens with zero attached hydrogens (tertiary/aromatic N) is 4. The van der Waals surface area contributed by atoms with Gasteiger partial charge in [-0.15, -0.1) is 0 Å². The van der Waals surface area contributed by atoms with Gasteiger partial charge in [-0.25, -0.2) is 0 Å². The van der Waals surface area contributed by atoms with Gasteiger partial charge in [0.1, 0.15) is 24.0 Å². The monoisotopic (exact) mass is 637 g/mol. The molecule has 7 N–H and O–H groups in total. The van der Waals surface area contributed by atoms with Crippen LogP contribution in [0.4, 0.5) is 0 Å². The van der Waals surface area contributed by atoms with Crippen LogP contribution in [0.5, 0.6) is 11.5 Å². The van der Waals surface area contributed by atoms with Gasteiger partial charge in [0, 0.05) is 98.8 Å². The van der Waals surface area contributed by atoms with Crippen molar-refractivity contribution in [3.63, 3.8) is 0 Å². The number of benzene rings is 2. The first kappa shape index (κ1) is 34.2. The summed E-state index contributed by atoms with van der Waals surface area (Å²) in [6.45, 7) is 11.1. The normalized spacial score (nSPS) is 21.7. The molecule has 0 bridgehead atoms. The topological polar surface area (TPSA) is 146 Å². The molecule has 0 aromatic heterocycles. The molecule has 2 unspecified atom stereocenters. The minimum absolute atomic E-state index is 0.256. The molecule has 0 radical (unpaired) electrons. The third kappa shape index (κ3) is 8.21. The maximum absolute atomic E-state index is 11.2. The third-order valence-electron chi connectivity index (χ3n) is 9.32. The van der Waals surface area contributed by atoms with Crippen LogP contribution in [0.1, 0.15) is 52.6 Å². The van der Waals surface area contributed by atoms with E-state index in [0.29, 0.717) is 26.2 Å². The Morgan fingerprint density at radius 3 is 1.48 bits per heavy atom. The molecule has 3 aliphatic heterocycles. The van der Waals surface area contributed by atoms with Gasteiger partial charge in [-0.3, -0.25) is 9.80 Å². The van der Waals surface area contributed by atoms with Crippen LogP contribution in [0.2, 0.25) is 0 Å². The number of aliphatic hydroxyl groups excluding tert-OH is 4. The summed E-state index contributed by atoms with van der Waals surface area (Å²) in [6, 6.07) is 7.99. The molecule has 252 valence electrons. The van der Waals surface area contributed by atoms with Crippen molar-refractivity contribution in [2.24, 2.45) is 0 Å². The highest BCUT2D eigenvalue weighted by atomic mass is 16.3. The number of hydrogen-bond donors (Lipinski definition) is 7. The average Bonchev–Trinajstić information content (AvgIpc) is 3.00. The molecule has 5 rings (SSSR count). The van der Waals surface area contributed by atoms with E-state index in [4.69, 9.17) is 0 Å². The van der Waals surface area contributed by atoms with Gasteiger partial charge < -0.3 is 45.8 Å². The molecule has 11 heteroatoms. The van der Waals surface area contributed by atoms with Gasteiger partial charge in [0.2, 0.25) is 0 Å². The van der Waals surface area contributed by atoms with Gasteiger partial charge in [-0.2, -0.15) is 0 Å². The first-order valence-electron chi connectivity index (χ1n) is 16.5. The van der Waals surface area contributed by atoms with Crippen molar-refractivity contribution in [3.05, 3.63) is 69.0 Å². The van der Waals surface area contributed by atoms with Crippen LogP contribution >= 0.6 is 0 Å². The summed E-state index contributed by atoms with van der Waals surface area (Å²) in [6.07, 6.45) is 4.51. The Labute approximate surface area is 272 Å². The van der Waals surface area contributed by atoms with Crippen LogP contribution in [-0.4, -0.2) is 128 Å². The van der Waals surface area contributed by atoms with Crippen molar-refractivity contribution in [3.8, 4) is 11.5 Å². The summed E-state index contributed by atoms with van der Waals surface area (Å²) in [4.78, 5) is 8.24. The standard InChI is InChI=1S/C35H51N5O6/c1-24-14-26(18-30-4-10-39(30)32(43)22-41)34(45)28(16-24)20-37-8-3-9-38(13-7-36-6-12-37)21-29-17-25(2)15-27(35(29)46)19-31-5-11-40(31)33(44)23-42/h14-19,32-33,36,41-46H,3-13,20-23H2,1-2H3. The predicted molar refractivity (Wildman–Crippen MR) is 179 cm³/mol. The van der Waals surface area contributed by atoms with Gasteiger partial charge in [0.25, 0.3) is 0 Å². The van der Waals surface area contributed by atoms with E-state index in [1.165, 1.54) is 0 Å². The molecule has 0 amide bonds. The largest absolute Gasteiger partial charge is 0.507 e. The lowest BCUT2D eigenvalue weighted by molar-refractivity contribution is -0.0374. The molecule has 3 aliphatic rings. The van der Waals surface area contributed by atoms with E-state index in [1.807, 2.05) is 50.3 Å². The maximum Gasteiger partial charge on any atom is 0.150 e. The first-order chi connectivity index (χ1) is 22.2. The quantitative estimate of drug-likeness (QED) is 0.205. The second-order valence-corrected chi connectivity index (χ2v) is 12.9. The summed E-state index contributed by atoms with van der Waals surface area (Å²) < 4.78 is 0. The number of phenols is 2. The first-order valence-corrected chi connectivity index (χ1v) is 16.5. The SMILES string of the molecule is Cc1cc(C=C2CCN2C(O)CO)c(O)c(CN2CCCN(Cc3cc(C)cc(C=C4CCN4C(O)CO)c3O)CCNCC2)c1. The highest BCUT2D eigenvalue weighted by Gasteiger charge is 2.27. The Hall–Kier alpha value is -3.16. The Morgan fingerprint density at radius 1 is 0.674 bits per heavy atom. The lowest BCUT2D eigenvalue weighted by atomic mass is 10.00. The third-order valence-corrected chi connectivity index (χ3v) is 9.32. The van der Waals surface area contributed by atoms with Crippen LogP contribution in [0, 0.1) is 13.8 Å². The van der Waals surface area contributed by atoms with Gasteiger partial charge in [0.15, 0.2) is 0 Å². The second kappa shape index (κ2) is 15.6. The fourth-order valence-corrected chi connectivity index (χ4v) is 6.65. The molecule has 2 atom stereocenters. The van der Waals surface area contributed by atoms with E-state index in [1.54, 1.807) is 9.80 Å². The van der Waals surface area contributed by atoms with Crippen molar-refractivity contribution in [1.29, 1.82) is 0 Å². The Balaban J connectivity index is 1.24. The highest BCUT2D eigenvalue weighted by molar-refractivity contribution is 5.64. The molecule has 0 aliphatic carbocycles. The number of nitrogens with one attached hydrogen (secondary N) is 1. The van der Waals surface area contributed by atoms with E-state index in [2.05, 4.69) is 15.1 Å². The number of aryl methyl sites for hydroxylation is 2. The minimum Gasteiger partial charge on any atom is -0.507 e. The van der Waals surface area contributed by atoms with Gasteiger partial charge >= 0.3 is 0 Å². The van der Waals surface area contributed by atoms with Crippen molar-refractivity contribution in [1.82, 2.24) is 24.9 Å². The predicted octanol–water partition coefficient (Wildman–Crippen LogP) is 1.73. The Bertz CT molecular complexity index is 1310. The molecule has 2 aromatic rings. The molecule has 3 heterocycles. The number of aliphatic hydroxyl groups is 4. The van der Waals surface area contributed by atoms with E-state index in [9.17, 15) is 30.6 Å². The molecule has 3 saturated heterocycles. The Kier molecular flexibility index (Phi) is 11.6. The lowest BCUT2D eigenvalue weighted by Crippen LogP contribution is -2.44. The van der Waals surface area contributed by atoms with Crippen LogP contribution in [0.3, 0.4) is 0 Å². The zero-order chi connectivity index (χ0) is 32.8. The van der Waals surface area contributed by atoms with Gasteiger partial charge in [0.05, 0.1) is 13.2 Å². The number of phenolic OH excluding ortho intramolecular Hbond substituents is 2. The fraction of sp³-hybridized carbons (Fsp3) is 0.543. The lowest BCUT2D eigenvalue weighted by Gasteiger charge is -2.39. The van der Waals surface area contributed by atoms with Crippen molar-refractivity contribution in [2.75, 3.05) is 65.6 Å². The molecular formula is C35H51N5O6. The molecule has 3 fully saturated rings. The number of aromatic hydroxyl groups is 2.